The summed E-state index contributed by atoms with van der Waals surface area (Å²) in [5.74, 6) is -0.124. The molecule has 1 aliphatic heterocycles. The average molecular weight is 390 g/mol. The van der Waals surface area contributed by atoms with Gasteiger partial charge >= 0.3 is 0 Å². The van der Waals surface area contributed by atoms with Crippen LogP contribution in [0.5, 0.6) is 0 Å². The minimum absolute atomic E-state index is 0.00791. The van der Waals surface area contributed by atoms with Gasteiger partial charge in [-0.3, -0.25) is 0 Å². The van der Waals surface area contributed by atoms with Crippen molar-refractivity contribution in [3.05, 3.63) is 107 Å². The fraction of sp³-hybridized carbons (Fsp3) is 0.308. The molecule has 1 heterocycles. The van der Waals surface area contributed by atoms with Crippen LogP contribution < -0.4 is 5.32 Å². The average Bonchev–Trinajstić information content (AvgIpc) is 2.74. The molecule has 1 saturated heterocycles. The Morgan fingerprint density at radius 2 is 1.41 bits per heavy atom. The quantitative estimate of drug-likeness (QED) is 0.594. The van der Waals surface area contributed by atoms with Crippen molar-refractivity contribution in [2.45, 2.75) is 38.0 Å². The molecule has 0 amide bonds. The third kappa shape index (κ3) is 3.85. The van der Waals surface area contributed by atoms with Crippen LogP contribution in [0.1, 0.15) is 49.0 Å². The van der Waals surface area contributed by atoms with Crippen LogP contribution >= 0.6 is 0 Å². The number of hydrogen-bond acceptors (Lipinski definition) is 2. The van der Waals surface area contributed by atoms with Gasteiger partial charge in [-0.05, 0) is 34.7 Å². The fourth-order valence-electron chi connectivity index (χ4n) is 4.95. The highest BCUT2D eigenvalue weighted by Crippen LogP contribution is 2.51. The van der Waals surface area contributed by atoms with E-state index in [4.69, 9.17) is 0 Å². The van der Waals surface area contributed by atoms with E-state index in [9.17, 15) is 9.50 Å². The number of piperidine rings is 1. The smallest absolute Gasteiger partial charge is 0.123 e. The molecule has 0 bridgehead atoms. The Morgan fingerprint density at radius 1 is 0.862 bits per heavy atom. The standard InChI is InChI=1S/C26H28FNO/c1-18(2)24-25(20-11-7-4-8-12-20)28-23(19-9-5-3-6-10-19)17-26(24,29)21-13-15-22(27)16-14-21/h3-16,18,23-25,28-29H,17H2,1-2H3/t23-,24+,25-,26+/m0/s1. The van der Waals surface area contributed by atoms with Crippen LogP contribution in [-0.2, 0) is 5.60 Å². The Labute approximate surface area is 172 Å². The van der Waals surface area contributed by atoms with E-state index >= 15 is 0 Å². The van der Waals surface area contributed by atoms with Gasteiger partial charge in [0.15, 0.2) is 0 Å². The Balaban J connectivity index is 1.84. The Bertz CT molecular complexity index is 926. The maximum atomic E-state index is 13.6. The number of halogens is 1. The molecule has 0 unspecified atom stereocenters. The Morgan fingerprint density at radius 3 is 1.97 bits per heavy atom. The van der Waals surface area contributed by atoms with Crippen molar-refractivity contribution in [1.29, 1.82) is 0 Å². The zero-order chi connectivity index (χ0) is 20.4. The van der Waals surface area contributed by atoms with E-state index in [-0.39, 0.29) is 29.7 Å². The SMILES string of the molecule is CC(C)[C@@H]1[C@H](c2ccccc2)N[C@H](c2ccccc2)C[C@@]1(O)c1ccc(F)cc1. The summed E-state index contributed by atoms with van der Waals surface area (Å²) in [7, 11) is 0. The van der Waals surface area contributed by atoms with E-state index in [2.05, 4.69) is 43.4 Å². The molecule has 150 valence electrons. The van der Waals surface area contributed by atoms with E-state index < -0.39 is 5.60 Å². The molecule has 0 spiro atoms. The van der Waals surface area contributed by atoms with E-state index in [1.54, 1.807) is 12.1 Å². The molecule has 3 aromatic carbocycles. The number of aliphatic hydroxyl groups is 1. The second-order valence-corrected chi connectivity index (χ2v) is 8.42. The van der Waals surface area contributed by atoms with E-state index in [0.29, 0.717) is 6.42 Å². The van der Waals surface area contributed by atoms with Crippen LogP contribution in [0.25, 0.3) is 0 Å². The first kappa shape index (κ1) is 19.8. The number of nitrogens with one attached hydrogen (secondary N) is 1. The molecule has 3 aromatic rings. The lowest BCUT2D eigenvalue weighted by Crippen LogP contribution is -2.53. The molecule has 3 heteroatoms. The third-order valence-electron chi connectivity index (χ3n) is 6.23. The maximum absolute atomic E-state index is 13.6. The Kier molecular flexibility index (Phi) is 5.53. The van der Waals surface area contributed by atoms with Crippen LogP contribution in [0.15, 0.2) is 84.9 Å². The van der Waals surface area contributed by atoms with Gasteiger partial charge < -0.3 is 10.4 Å². The summed E-state index contributed by atoms with van der Waals surface area (Å²) >= 11 is 0. The lowest BCUT2D eigenvalue weighted by molar-refractivity contribution is -0.0992. The van der Waals surface area contributed by atoms with Gasteiger partial charge in [0, 0.05) is 24.4 Å². The van der Waals surface area contributed by atoms with Gasteiger partial charge in [0.05, 0.1) is 5.60 Å². The van der Waals surface area contributed by atoms with Crippen LogP contribution in [0.4, 0.5) is 4.39 Å². The number of benzene rings is 3. The molecule has 0 aromatic heterocycles. The van der Waals surface area contributed by atoms with Crippen molar-refractivity contribution in [1.82, 2.24) is 5.32 Å². The van der Waals surface area contributed by atoms with E-state index in [1.165, 1.54) is 12.1 Å². The first-order valence-electron chi connectivity index (χ1n) is 10.3. The predicted octanol–water partition coefficient (Wildman–Crippen LogP) is 5.76. The normalized spacial score (nSPS) is 27.1. The topological polar surface area (TPSA) is 32.3 Å². The molecule has 4 atom stereocenters. The summed E-state index contributed by atoms with van der Waals surface area (Å²) in [5, 5.41) is 16.0. The van der Waals surface area contributed by atoms with Crippen LogP contribution in [-0.4, -0.2) is 5.11 Å². The highest BCUT2D eigenvalue weighted by Gasteiger charge is 2.50. The van der Waals surface area contributed by atoms with Gasteiger partial charge in [0.1, 0.15) is 5.82 Å². The van der Waals surface area contributed by atoms with Crippen molar-refractivity contribution in [2.75, 3.05) is 0 Å². The molecule has 0 aliphatic carbocycles. The predicted molar refractivity (Wildman–Crippen MR) is 115 cm³/mol. The van der Waals surface area contributed by atoms with Gasteiger partial charge in [-0.15, -0.1) is 0 Å². The summed E-state index contributed by atoms with van der Waals surface area (Å²) in [4.78, 5) is 0. The zero-order valence-electron chi connectivity index (χ0n) is 16.9. The molecule has 1 aliphatic rings. The number of rotatable bonds is 4. The summed E-state index contributed by atoms with van der Waals surface area (Å²) in [6.07, 6.45) is 0.537. The lowest BCUT2D eigenvalue weighted by atomic mass is 9.64. The Hall–Kier alpha value is -2.49. The molecule has 4 rings (SSSR count). The summed E-state index contributed by atoms with van der Waals surface area (Å²) < 4.78 is 13.6. The molecule has 0 saturated carbocycles. The molecule has 29 heavy (non-hydrogen) atoms. The zero-order valence-corrected chi connectivity index (χ0v) is 16.9. The summed E-state index contributed by atoms with van der Waals surface area (Å²) in [6.45, 7) is 4.30. The molecule has 0 radical (unpaired) electrons. The van der Waals surface area contributed by atoms with Crippen molar-refractivity contribution in [2.24, 2.45) is 11.8 Å². The minimum atomic E-state index is -1.08. The van der Waals surface area contributed by atoms with Crippen molar-refractivity contribution in [3.8, 4) is 0 Å². The second-order valence-electron chi connectivity index (χ2n) is 8.42. The molecular formula is C26H28FNO. The second kappa shape index (κ2) is 8.10. The van der Waals surface area contributed by atoms with Crippen molar-refractivity contribution < 1.29 is 9.50 Å². The summed E-state index contributed by atoms with van der Waals surface area (Å²) in [6, 6.07) is 26.9. The van der Waals surface area contributed by atoms with Crippen molar-refractivity contribution in [3.63, 3.8) is 0 Å². The van der Waals surface area contributed by atoms with Crippen molar-refractivity contribution >= 4 is 0 Å². The molecule has 1 fully saturated rings. The first-order valence-corrected chi connectivity index (χ1v) is 10.3. The first-order chi connectivity index (χ1) is 14.0. The molecule has 2 N–H and O–H groups in total. The largest absolute Gasteiger partial charge is 0.385 e. The van der Waals surface area contributed by atoms with Crippen LogP contribution in [0.3, 0.4) is 0 Å². The highest BCUT2D eigenvalue weighted by molar-refractivity contribution is 5.32. The highest BCUT2D eigenvalue weighted by atomic mass is 19.1. The van der Waals surface area contributed by atoms with Gasteiger partial charge in [0.2, 0.25) is 0 Å². The molecular weight excluding hydrogens is 361 g/mol. The van der Waals surface area contributed by atoms with Crippen LogP contribution in [0.2, 0.25) is 0 Å². The van der Waals surface area contributed by atoms with Gasteiger partial charge in [-0.25, -0.2) is 4.39 Å². The van der Waals surface area contributed by atoms with Crippen LogP contribution in [0, 0.1) is 17.7 Å². The number of hydrogen-bond donors (Lipinski definition) is 2. The summed E-state index contributed by atoms with van der Waals surface area (Å²) in [5.41, 5.74) is 2.01. The third-order valence-corrected chi connectivity index (χ3v) is 6.23. The van der Waals surface area contributed by atoms with Gasteiger partial charge in [-0.2, -0.15) is 0 Å². The minimum Gasteiger partial charge on any atom is -0.385 e. The maximum Gasteiger partial charge on any atom is 0.123 e. The monoisotopic (exact) mass is 389 g/mol. The fourth-order valence-corrected chi connectivity index (χ4v) is 4.95. The van der Waals surface area contributed by atoms with Gasteiger partial charge in [-0.1, -0.05) is 86.6 Å². The lowest BCUT2D eigenvalue weighted by Gasteiger charge is -2.51. The van der Waals surface area contributed by atoms with Gasteiger partial charge in [0.25, 0.3) is 0 Å². The van der Waals surface area contributed by atoms with E-state index in [1.807, 2.05) is 36.4 Å². The molecule has 2 nitrogen and oxygen atoms in total. The van der Waals surface area contributed by atoms with E-state index in [0.717, 1.165) is 16.7 Å².